The van der Waals surface area contributed by atoms with Gasteiger partial charge in [-0.3, -0.25) is 4.72 Å². The zero-order chi connectivity index (χ0) is 14.9. The van der Waals surface area contributed by atoms with Crippen molar-refractivity contribution in [2.75, 3.05) is 10.5 Å². The number of hydrogen-bond donors (Lipinski definition) is 2. The maximum atomic E-state index is 12.4. The maximum absolute atomic E-state index is 12.4. The quantitative estimate of drug-likeness (QED) is 0.636. The SMILES string of the molecule is Nc1ccc(Br)cc1S(=O)(=O)Nc1cc(Br)ccc1Br. The molecular weight excluding hydrogens is 476 g/mol. The van der Waals surface area contributed by atoms with Crippen LogP contribution in [0.2, 0.25) is 0 Å². The molecule has 0 fully saturated rings. The second-order valence-corrected chi connectivity index (χ2v) is 8.25. The highest BCUT2D eigenvalue weighted by atomic mass is 79.9. The van der Waals surface area contributed by atoms with Crippen LogP contribution in [0.4, 0.5) is 11.4 Å². The number of sulfonamides is 1. The van der Waals surface area contributed by atoms with E-state index in [1.54, 1.807) is 24.3 Å². The van der Waals surface area contributed by atoms with Crippen molar-refractivity contribution in [3.05, 3.63) is 49.8 Å². The Morgan fingerprint density at radius 3 is 2.25 bits per heavy atom. The van der Waals surface area contributed by atoms with E-state index < -0.39 is 10.0 Å². The monoisotopic (exact) mass is 482 g/mol. The molecule has 2 aromatic rings. The van der Waals surface area contributed by atoms with Gasteiger partial charge < -0.3 is 5.73 Å². The lowest BCUT2D eigenvalue weighted by molar-refractivity contribution is 0.601. The molecule has 0 unspecified atom stereocenters. The topological polar surface area (TPSA) is 72.2 Å². The van der Waals surface area contributed by atoms with E-state index in [0.29, 0.717) is 14.6 Å². The molecule has 2 rings (SSSR count). The third-order valence-electron chi connectivity index (χ3n) is 2.44. The van der Waals surface area contributed by atoms with E-state index in [1.807, 2.05) is 0 Å². The molecular formula is C12H9Br3N2O2S. The number of anilines is 2. The van der Waals surface area contributed by atoms with Crippen LogP contribution in [0.1, 0.15) is 0 Å². The van der Waals surface area contributed by atoms with Gasteiger partial charge in [0.15, 0.2) is 0 Å². The molecule has 0 saturated carbocycles. The van der Waals surface area contributed by atoms with E-state index >= 15 is 0 Å². The van der Waals surface area contributed by atoms with Gasteiger partial charge in [0, 0.05) is 13.4 Å². The molecule has 3 N–H and O–H groups in total. The molecule has 0 aliphatic heterocycles. The van der Waals surface area contributed by atoms with Crippen LogP contribution in [-0.4, -0.2) is 8.42 Å². The average Bonchev–Trinajstić information content (AvgIpc) is 2.36. The van der Waals surface area contributed by atoms with Crippen molar-refractivity contribution in [2.45, 2.75) is 4.90 Å². The van der Waals surface area contributed by atoms with Gasteiger partial charge in [0.25, 0.3) is 10.0 Å². The first-order chi connectivity index (χ1) is 9.29. The lowest BCUT2D eigenvalue weighted by Crippen LogP contribution is -2.15. The molecule has 8 heteroatoms. The fourth-order valence-electron chi connectivity index (χ4n) is 1.52. The van der Waals surface area contributed by atoms with E-state index in [1.165, 1.54) is 12.1 Å². The third-order valence-corrected chi connectivity index (χ3v) is 5.54. The van der Waals surface area contributed by atoms with Crippen molar-refractivity contribution >= 4 is 69.2 Å². The zero-order valence-electron chi connectivity index (χ0n) is 9.90. The van der Waals surface area contributed by atoms with Gasteiger partial charge in [-0.1, -0.05) is 31.9 Å². The van der Waals surface area contributed by atoms with Crippen molar-refractivity contribution in [3.63, 3.8) is 0 Å². The number of halogens is 3. The molecule has 0 amide bonds. The molecule has 0 heterocycles. The minimum atomic E-state index is -3.76. The Bertz CT molecular complexity index is 763. The fraction of sp³-hybridized carbons (Fsp3) is 0. The summed E-state index contributed by atoms with van der Waals surface area (Å²) in [6.45, 7) is 0. The molecule has 0 aromatic heterocycles. The largest absolute Gasteiger partial charge is 0.398 e. The second kappa shape index (κ2) is 6.05. The van der Waals surface area contributed by atoms with Crippen molar-refractivity contribution in [3.8, 4) is 0 Å². The van der Waals surface area contributed by atoms with Crippen LogP contribution in [-0.2, 0) is 10.0 Å². The summed E-state index contributed by atoms with van der Waals surface area (Å²) in [6.07, 6.45) is 0. The summed E-state index contributed by atoms with van der Waals surface area (Å²) >= 11 is 9.83. The number of nitrogen functional groups attached to an aromatic ring is 1. The minimum Gasteiger partial charge on any atom is -0.398 e. The van der Waals surface area contributed by atoms with Crippen LogP contribution in [0.15, 0.2) is 54.7 Å². The highest BCUT2D eigenvalue weighted by Crippen LogP contribution is 2.30. The van der Waals surface area contributed by atoms with Crippen molar-refractivity contribution < 1.29 is 8.42 Å². The van der Waals surface area contributed by atoms with Gasteiger partial charge in [-0.2, -0.15) is 0 Å². The van der Waals surface area contributed by atoms with Crippen LogP contribution in [0.25, 0.3) is 0 Å². The first-order valence-electron chi connectivity index (χ1n) is 5.32. The van der Waals surface area contributed by atoms with Gasteiger partial charge in [-0.05, 0) is 52.3 Å². The van der Waals surface area contributed by atoms with Crippen LogP contribution >= 0.6 is 47.8 Å². The number of rotatable bonds is 3. The molecule has 0 spiro atoms. The smallest absolute Gasteiger partial charge is 0.264 e. The van der Waals surface area contributed by atoms with Crippen LogP contribution in [0.5, 0.6) is 0 Å². The predicted octanol–water partition coefficient (Wildman–Crippen LogP) is 4.36. The van der Waals surface area contributed by atoms with Crippen molar-refractivity contribution in [1.82, 2.24) is 0 Å². The normalized spacial score (nSPS) is 11.3. The lowest BCUT2D eigenvalue weighted by atomic mass is 10.3. The highest BCUT2D eigenvalue weighted by molar-refractivity contribution is 9.11. The standard InChI is InChI=1S/C12H9Br3N2O2S/c13-7-1-3-9(15)11(5-7)17-20(18,19)12-6-8(14)2-4-10(12)16/h1-6,17H,16H2. The Hall–Kier alpha value is -0.570. The Balaban J connectivity index is 2.46. The molecule has 0 radical (unpaired) electrons. The Morgan fingerprint density at radius 2 is 1.55 bits per heavy atom. The Kier molecular flexibility index (Phi) is 4.78. The van der Waals surface area contributed by atoms with Crippen LogP contribution in [0.3, 0.4) is 0 Å². The van der Waals surface area contributed by atoms with Crippen molar-refractivity contribution in [1.29, 1.82) is 0 Å². The molecule has 106 valence electrons. The van der Waals surface area contributed by atoms with E-state index in [9.17, 15) is 8.42 Å². The second-order valence-electron chi connectivity index (χ2n) is 3.91. The van der Waals surface area contributed by atoms with Gasteiger partial charge in [-0.25, -0.2) is 8.42 Å². The summed E-state index contributed by atoms with van der Waals surface area (Å²) in [5, 5.41) is 0. The molecule has 0 aliphatic rings. The lowest BCUT2D eigenvalue weighted by Gasteiger charge is -2.12. The molecule has 0 saturated heterocycles. The van der Waals surface area contributed by atoms with Crippen LogP contribution < -0.4 is 10.5 Å². The molecule has 0 atom stereocenters. The van der Waals surface area contributed by atoms with E-state index in [4.69, 9.17) is 5.73 Å². The first-order valence-corrected chi connectivity index (χ1v) is 9.19. The molecule has 0 aliphatic carbocycles. The number of hydrogen-bond acceptors (Lipinski definition) is 3. The average molecular weight is 485 g/mol. The third kappa shape index (κ3) is 3.55. The summed E-state index contributed by atoms with van der Waals surface area (Å²) in [7, 11) is -3.76. The highest BCUT2D eigenvalue weighted by Gasteiger charge is 2.19. The predicted molar refractivity (Wildman–Crippen MR) is 91.2 cm³/mol. The number of nitrogens with two attached hydrogens (primary N) is 1. The maximum Gasteiger partial charge on any atom is 0.264 e. The van der Waals surface area contributed by atoms with Gasteiger partial charge in [0.1, 0.15) is 4.90 Å². The molecule has 2 aromatic carbocycles. The van der Waals surface area contributed by atoms with E-state index in [2.05, 4.69) is 52.5 Å². The Labute approximate surface area is 142 Å². The van der Waals surface area contributed by atoms with Gasteiger partial charge in [0.05, 0.1) is 11.4 Å². The Morgan fingerprint density at radius 1 is 0.950 bits per heavy atom. The first kappa shape index (κ1) is 15.8. The summed E-state index contributed by atoms with van der Waals surface area (Å²) in [6, 6.07) is 9.89. The zero-order valence-corrected chi connectivity index (χ0v) is 15.5. The minimum absolute atomic E-state index is 0.0266. The molecule has 20 heavy (non-hydrogen) atoms. The molecule has 0 bridgehead atoms. The fourth-order valence-corrected chi connectivity index (χ4v) is 4.10. The van der Waals surface area contributed by atoms with Gasteiger partial charge in [-0.15, -0.1) is 0 Å². The van der Waals surface area contributed by atoms with Crippen molar-refractivity contribution in [2.24, 2.45) is 0 Å². The summed E-state index contributed by atoms with van der Waals surface area (Å²) < 4.78 is 29.3. The van der Waals surface area contributed by atoms with Gasteiger partial charge in [0.2, 0.25) is 0 Å². The van der Waals surface area contributed by atoms with Crippen LogP contribution in [0, 0.1) is 0 Å². The summed E-state index contributed by atoms with van der Waals surface area (Å²) in [4.78, 5) is 0.0266. The van der Waals surface area contributed by atoms with E-state index in [-0.39, 0.29) is 10.6 Å². The molecule has 4 nitrogen and oxygen atoms in total. The number of nitrogens with one attached hydrogen (secondary N) is 1. The number of benzene rings is 2. The summed E-state index contributed by atoms with van der Waals surface area (Å²) in [5.41, 5.74) is 6.35. The van der Waals surface area contributed by atoms with E-state index in [0.717, 1.165) is 4.47 Å². The van der Waals surface area contributed by atoms with Gasteiger partial charge >= 0.3 is 0 Å². The summed E-state index contributed by atoms with van der Waals surface area (Å²) in [5.74, 6) is 0.